The summed E-state index contributed by atoms with van der Waals surface area (Å²) >= 11 is 7.57. The number of piperidine rings is 1. The Kier molecular flexibility index (Phi) is 5.44. The van der Waals surface area contributed by atoms with Gasteiger partial charge in [0.15, 0.2) is 0 Å². The normalized spacial score (nSPS) is 16.9. The molecule has 25 heavy (non-hydrogen) atoms. The number of benzene rings is 1. The lowest BCUT2D eigenvalue weighted by Gasteiger charge is -2.39. The first-order valence-electron chi connectivity index (χ1n) is 8.67. The van der Waals surface area contributed by atoms with E-state index in [1.807, 2.05) is 24.3 Å². The van der Waals surface area contributed by atoms with Crippen molar-refractivity contribution >= 4 is 29.3 Å². The van der Waals surface area contributed by atoms with Crippen LogP contribution in [0.15, 0.2) is 45.0 Å². The van der Waals surface area contributed by atoms with Crippen molar-refractivity contribution in [3.8, 4) is 0 Å². The highest BCUT2D eigenvalue weighted by Gasteiger charge is 2.29. The van der Waals surface area contributed by atoms with Crippen molar-refractivity contribution in [2.24, 2.45) is 12.5 Å². The summed E-state index contributed by atoms with van der Waals surface area (Å²) in [5.74, 6) is 0.756. The molecule has 0 aliphatic carbocycles. The number of aromatic nitrogens is 2. The Morgan fingerprint density at radius 1 is 1.24 bits per heavy atom. The van der Waals surface area contributed by atoms with E-state index in [1.165, 1.54) is 18.2 Å². The molecule has 134 valence electrons. The monoisotopic (exact) mass is 377 g/mol. The smallest absolute Gasteiger partial charge is 0.268 e. The standard InChI is InChI=1S/C19H24ClN3OS/c1-4-19(2)9-11-23(12-10-19)18-21-13-16(17(24)22(18)3)25-15-8-6-5-7-14(15)20/h5-8,13H,4,9-12H2,1-3H3. The van der Waals surface area contributed by atoms with E-state index in [1.54, 1.807) is 17.8 Å². The fraction of sp³-hybridized carbons (Fsp3) is 0.474. The van der Waals surface area contributed by atoms with Crippen LogP contribution in [0.25, 0.3) is 0 Å². The zero-order valence-corrected chi connectivity index (χ0v) is 16.5. The molecule has 0 atom stereocenters. The molecular formula is C19H24ClN3OS. The third kappa shape index (κ3) is 3.87. The highest BCUT2D eigenvalue weighted by molar-refractivity contribution is 7.99. The van der Waals surface area contributed by atoms with E-state index in [0.29, 0.717) is 15.3 Å². The fourth-order valence-corrected chi connectivity index (χ4v) is 4.25. The molecule has 3 rings (SSSR count). The number of halogens is 1. The Balaban J connectivity index is 1.82. The first-order chi connectivity index (χ1) is 11.9. The molecule has 0 spiro atoms. The van der Waals surface area contributed by atoms with Crippen molar-refractivity contribution < 1.29 is 0 Å². The van der Waals surface area contributed by atoms with Crippen molar-refractivity contribution in [1.29, 1.82) is 0 Å². The van der Waals surface area contributed by atoms with Crippen molar-refractivity contribution in [3.05, 3.63) is 45.8 Å². The van der Waals surface area contributed by atoms with Gasteiger partial charge >= 0.3 is 0 Å². The summed E-state index contributed by atoms with van der Waals surface area (Å²) in [7, 11) is 1.80. The second kappa shape index (κ2) is 7.42. The number of rotatable bonds is 4. The van der Waals surface area contributed by atoms with Crippen LogP contribution in [0, 0.1) is 5.41 Å². The molecule has 1 aromatic heterocycles. The topological polar surface area (TPSA) is 38.1 Å². The largest absolute Gasteiger partial charge is 0.342 e. The van der Waals surface area contributed by atoms with E-state index >= 15 is 0 Å². The Morgan fingerprint density at radius 2 is 1.92 bits per heavy atom. The Morgan fingerprint density at radius 3 is 2.56 bits per heavy atom. The molecular weight excluding hydrogens is 354 g/mol. The van der Waals surface area contributed by atoms with Crippen molar-refractivity contribution in [2.45, 2.75) is 42.9 Å². The molecule has 1 aliphatic rings. The van der Waals surface area contributed by atoms with Gasteiger partial charge in [-0.25, -0.2) is 4.98 Å². The summed E-state index contributed by atoms with van der Waals surface area (Å²) in [6, 6.07) is 7.54. The van der Waals surface area contributed by atoms with Crippen LogP contribution in [0.3, 0.4) is 0 Å². The highest BCUT2D eigenvalue weighted by Crippen LogP contribution is 2.35. The predicted octanol–water partition coefficient (Wildman–Crippen LogP) is 4.60. The van der Waals surface area contributed by atoms with Gasteiger partial charge in [-0.3, -0.25) is 9.36 Å². The quantitative estimate of drug-likeness (QED) is 0.780. The van der Waals surface area contributed by atoms with Gasteiger partial charge in [-0.15, -0.1) is 0 Å². The molecule has 1 aliphatic heterocycles. The van der Waals surface area contributed by atoms with Gasteiger partial charge < -0.3 is 4.90 Å². The number of hydrogen-bond donors (Lipinski definition) is 0. The summed E-state index contributed by atoms with van der Waals surface area (Å²) in [4.78, 5) is 21.0. The van der Waals surface area contributed by atoms with E-state index in [-0.39, 0.29) is 5.56 Å². The highest BCUT2D eigenvalue weighted by atomic mass is 35.5. The van der Waals surface area contributed by atoms with Crippen LogP contribution in [0.4, 0.5) is 5.95 Å². The minimum atomic E-state index is -0.0289. The molecule has 2 aromatic rings. The second-order valence-corrected chi connectivity index (χ2v) is 8.46. The summed E-state index contributed by atoms with van der Waals surface area (Å²) in [5.41, 5.74) is 0.383. The zero-order chi connectivity index (χ0) is 18.0. The molecule has 6 heteroatoms. The number of nitrogens with zero attached hydrogens (tertiary/aromatic N) is 3. The lowest BCUT2D eigenvalue weighted by atomic mass is 9.78. The molecule has 1 aromatic carbocycles. The van der Waals surface area contributed by atoms with Gasteiger partial charge in [-0.1, -0.05) is 55.8 Å². The molecule has 0 radical (unpaired) electrons. The third-order valence-corrected chi connectivity index (χ3v) is 6.79. The number of anilines is 1. The van der Waals surface area contributed by atoms with E-state index in [0.717, 1.165) is 36.8 Å². The van der Waals surface area contributed by atoms with Crippen molar-refractivity contribution in [2.75, 3.05) is 18.0 Å². The predicted molar refractivity (Wildman–Crippen MR) is 105 cm³/mol. The Hall–Kier alpha value is -1.46. The second-order valence-electron chi connectivity index (χ2n) is 6.97. The van der Waals surface area contributed by atoms with Crippen molar-refractivity contribution in [1.82, 2.24) is 9.55 Å². The van der Waals surface area contributed by atoms with Gasteiger partial charge in [0.25, 0.3) is 5.56 Å². The van der Waals surface area contributed by atoms with Gasteiger partial charge in [-0.05, 0) is 30.4 Å². The lowest BCUT2D eigenvalue weighted by molar-refractivity contribution is 0.236. The van der Waals surface area contributed by atoms with Gasteiger partial charge in [0.05, 0.1) is 16.1 Å². The molecule has 4 nitrogen and oxygen atoms in total. The number of hydrogen-bond acceptors (Lipinski definition) is 4. The van der Waals surface area contributed by atoms with Crippen LogP contribution in [-0.4, -0.2) is 22.6 Å². The van der Waals surface area contributed by atoms with Crippen LogP contribution >= 0.6 is 23.4 Å². The maximum absolute atomic E-state index is 12.8. The molecule has 0 N–H and O–H groups in total. The van der Waals surface area contributed by atoms with Gasteiger partial charge in [0, 0.05) is 25.0 Å². The van der Waals surface area contributed by atoms with Gasteiger partial charge in [-0.2, -0.15) is 0 Å². The molecule has 0 bridgehead atoms. The minimum absolute atomic E-state index is 0.0289. The summed E-state index contributed by atoms with van der Waals surface area (Å²) in [5, 5.41) is 0.647. The first-order valence-corrected chi connectivity index (χ1v) is 9.86. The Labute approximate surface area is 158 Å². The van der Waals surface area contributed by atoms with Gasteiger partial charge in [0.1, 0.15) is 0 Å². The van der Waals surface area contributed by atoms with E-state index < -0.39 is 0 Å². The molecule has 1 fully saturated rings. The van der Waals surface area contributed by atoms with Crippen molar-refractivity contribution in [3.63, 3.8) is 0 Å². The first kappa shape index (κ1) is 18.3. The minimum Gasteiger partial charge on any atom is -0.342 e. The van der Waals surface area contributed by atoms with Crippen LogP contribution < -0.4 is 10.5 Å². The molecule has 2 heterocycles. The zero-order valence-electron chi connectivity index (χ0n) is 15.0. The summed E-state index contributed by atoms with van der Waals surface area (Å²) in [6.07, 6.45) is 5.14. The average Bonchev–Trinajstić information content (AvgIpc) is 2.62. The van der Waals surface area contributed by atoms with E-state index in [2.05, 4.69) is 23.7 Å². The maximum Gasteiger partial charge on any atom is 0.268 e. The van der Waals surface area contributed by atoms with Crippen LogP contribution in [-0.2, 0) is 7.05 Å². The average molecular weight is 378 g/mol. The SMILES string of the molecule is CCC1(C)CCN(c2ncc(Sc3ccccc3Cl)c(=O)n2C)CC1. The Bertz CT molecular complexity index is 813. The fourth-order valence-electron chi connectivity index (χ4n) is 3.12. The third-order valence-electron chi connectivity index (χ3n) is 5.28. The lowest BCUT2D eigenvalue weighted by Crippen LogP contribution is -2.41. The van der Waals surface area contributed by atoms with E-state index in [4.69, 9.17) is 11.6 Å². The summed E-state index contributed by atoms with van der Waals surface area (Å²) in [6.45, 7) is 6.49. The molecule has 0 amide bonds. The van der Waals surface area contributed by atoms with Crippen LogP contribution in [0.5, 0.6) is 0 Å². The molecule has 0 saturated carbocycles. The van der Waals surface area contributed by atoms with Crippen LogP contribution in [0.2, 0.25) is 5.02 Å². The van der Waals surface area contributed by atoms with Gasteiger partial charge in [0.2, 0.25) is 5.95 Å². The van der Waals surface area contributed by atoms with Crippen LogP contribution in [0.1, 0.15) is 33.1 Å². The molecule has 1 saturated heterocycles. The van der Waals surface area contributed by atoms with E-state index in [9.17, 15) is 4.79 Å². The molecule has 0 unspecified atom stereocenters. The maximum atomic E-state index is 12.8. The summed E-state index contributed by atoms with van der Waals surface area (Å²) < 4.78 is 1.66.